The van der Waals surface area contributed by atoms with Crippen LogP contribution in [0.15, 0.2) is 42.5 Å². The molecule has 1 saturated heterocycles. The molecule has 1 fully saturated rings. The third kappa shape index (κ3) is 2.63. The summed E-state index contributed by atoms with van der Waals surface area (Å²) in [6.45, 7) is 1.64. The minimum absolute atomic E-state index is 0.149. The molecular formula is C19H16FN3S. The van der Waals surface area contributed by atoms with Crippen molar-refractivity contribution in [3.05, 3.63) is 58.9 Å². The second kappa shape index (κ2) is 6.21. The highest BCUT2D eigenvalue weighted by Gasteiger charge is 2.25. The van der Waals surface area contributed by atoms with Crippen LogP contribution in [0.2, 0.25) is 0 Å². The van der Waals surface area contributed by atoms with E-state index in [1.165, 1.54) is 15.8 Å². The number of benzene rings is 2. The molecule has 3 nitrogen and oxygen atoms in total. The van der Waals surface area contributed by atoms with Crippen LogP contribution < -0.4 is 4.90 Å². The van der Waals surface area contributed by atoms with E-state index in [2.05, 4.69) is 17.0 Å². The molecule has 120 valence electrons. The van der Waals surface area contributed by atoms with E-state index in [4.69, 9.17) is 4.98 Å². The molecule has 0 radical (unpaired) electrons. The van der Waals surface area contributed by atoms with E-state index in [0.29, 0.717) is 11.6 Å². The Kier molecular flexibility index (Phi) is 3.91. The lowest BCUT2D eigenvalue weighted by Gasteiger charge is -2.33. The number of halogens is 1. The molecule has 4 rings (SSSR count). The van der Waals surface area contributed by atoms with Crippen LogP contribution in [0.1, 0.15) is 29.3 Å². The normalized spacial score (nSPS) is 15.6. The van der Waals surface area contributed by atoms with Gasteiger partial charge in [0.2, 0.25) is 0 Å². The highest BCUT2D eigenvalue weighted by atomic mass is 32.1. The molecule has 0 spiro atoms. The Bertz CT molecular complexity index is 887. The van der Waals surface area contributed by atoms with Gasteiger partial charge in [0.05, 0.1) is 20.9 Å². The first kappa shape index (κ1) is 15.1. The number of thiazole rings is 1. The number of fused-ring (bicyclic) bond motifs is 1. The van der Waals surface area contributed by atoms with E-state index in [1.807, 2.05) is 24.3 Å². The summed E-state index contributed by atoms with van der Waals surface area (Å²) in [5.41, 5.74) is 1.92. The summed E-state index contributed by atoms with van der Waals surface area (Å²) < 4.78 is 15.0. The molecule has 1 aromatic heterocycles. The third-order valence-corrected chi connectivity index (χ3v) is 5.80. The van der Waals surface area contributed by atoms with Gasteiger partial charge in [0.25, 0.3) is 0 Å². The molecule has 0 amide bonds. The van der Waals surface area contributed by atoms with Crippen molar-refractivity contribution in [3.63, 3.8) is 0 Å². The first-order chi connectivity index (χ1) is 11.8. The zero-order valence-corrected chi connectivity index (χ0v) is 13.9. The molecule has 0 atom stereocenters. The first-order valence-corrected chi connectivity index (χ1v) is 8.87. The van der Waals surface area contributed by atoms with Gasteiger partial charge in [0.15, 0.2) is 0 Å². The van der Waals surface area contributed by atoms with Crippen LogP contribution in [0.25, 0.3) is 10.2 Å². The predicted octanol–water partition coefficient (Wildman–Crippen LogP) is 4.69. The average Bonchev–Trinajstić information content (AvgIpc) is 3.06. The number of nitrogens with zero attached hydrogens (tertiary/aromatic N) is 3. The molecule has 0 N–H and O–H groups in total. The van der Waals surface area contributed by atoms with Crippen LogP contribution in [-0.2, 0) is 0 Å². The van der Waals surface area contributed by atoms with Gasteiger partial charge in [-0.3, -0.25) is 0 Å². The van der Waals surface area contributed by atoms with Gasteiger partial charge in [-0.05, 0) is 37.1 Å². The SMILES string of the molecule is N#Cc1c(F)cccc1N1CCC(c2nc3ccccc3s2)CC1. The summed E-state index contributed by atoms with van der Waals surface area (Å²) in [5.74, 6) is 0.000964. The van der Waals surface area contributed by atoms with Crippen molar-refractivity contribution in [3.8, 4) is 6.07 Å². The second-order valence-electron chi connectivity index (χ2n) is 6.03. The van der Waals surface area contributed by atoms with E-state index < -0.39 is 5.82 Å². The summed E-state index contributed by atoms with van der Waals surface area (Å²) in [6, 6.07) is 15.1. The van der Waals surface area contributed by atoms with Crippen LogP contribution in [0.5, 0.6) is 0 Å². The van der Waals surface area contributed by atoms with Crippen molar-refractivity contribution in [1.82, 2.24) is 4.98 Å². The molecule has 3 aromatic rings. The molecule has 0 bridgehead atoms. The van der Waals surface area contributed by atoms with E-state index in [1.54, 1.807) is 17.4 Å². The lowest BCUT2D eigenvalue weighted by Crippen LogP contribution is -2.33. The van der Waals surface area contributed by atoms with Crippen molar-refractivity contribution in [2.75, 3.05) is 18.0 Å². The monoisotopic (exact) mass is 337 g/mol. The summed E-state index contributed by atoms with van der Waals surface area (Å²) in [5, 5.41) is 10.4. The van der Waals surface area contributed by atoms with Gasteiger partial charge in [0, 0.05) is 19.0 Å². The fourth-order valence-electron chi connectivity index (χ4n) is 3.32. The number of hydrogen-bond acceptors (Lipinski definition) is 4. The number of nitriles is 1. The Labute approximate surface area is 144 Å². The number of anilines is 1. The smallest absolute Gasteiger partial charge is 0.143 e. The van der Waals surface area contributed by atoms with E-state index in [0.717, 1.165) is 31.4 Å². The summed E-state index contributed by atoms with van der Waals surface area (Å²) in [4.78, 5) is 6.89. The maximum Gasteiger partial charge on any atom is 0.143 e. The van der Waals surface area contributed by atoms with Gasteiger partial charge in [-0.2, -0.15) is 5.26 Å². The zero-order chi connectivity index (χ0) is 16.5. The molecule has 5 heteroatoms. The largest absolute Gasteiger partial charge is 0.370 e. The molecule has 1 aliphatic rings. The molecule has 1 aliphatic heterocycles. The Morgan fingerprint density at radius 2 is 1.92 bits per heavy atom. The Morgan fingerprint density at radius 1 is 1.12 bits per heavy atom. The Balaban J connectivity index is 1.53. The molecule has 24 heavy (non-hydrogen) atoms. The minimum atomic E-state index is -0.441. The highest BCUT2D eigenvalue weighted by molar-refractivity contribution is 7.18. The fourth-order valence-corrected chi connectivity index (χ4v) is 4.46. The fraction of sp³-hybridized carbons (Fsp3) is 0.263. The lowest BCUT2D eigenvalue weighted by molar-refractivity contribution is 0.503. The van der Waals surface area contributed by atoms with Crippen molar-refractivity contribution < 1.29 is 4.39 Å². The molecule has 2 heterocycles. The zero-order valence-electron chi connectivity index (χ0n) is 13.1. The van der Waals surface area contributed by atoms with E-state index >= 15 is 0 Å². The van der Waals surface area contributed by atoms with Gasteiger partial charge >= 0.3 is 0 Å². The van der Waals surface area contributed by atoms with Crippen LogP contribution in [0.3, 0.4) is 0 Å². The topological polar surface area (TPSA) is 39.9 Å². The summed E-state index contributed by atoms with van der Waals surface area (Å²) >= 11 is 1.77. The molecular weight excluding hydrogens is 321 g/mol. The first-order valence-electron chi connectivity index (χ1n) is 8.05. The molecule has 0 aliphatic carbocycles. The Hall–Kier alpha value is -2.45. The highest BCUT2D eigenvalue weighted by Crippen LogP contribution is 2.35. The third-order valence-electron chi connectivity index (χ3n) is 4.60. The van der Waals surface area contributed by atoms with Crippen molar-refractivity contribution >= 4 is 27.2 Å². The Morgan fingerprint density at radius 3 is 2.67 bits per heavy atom. The van der Waals surface area contributed by atoms with Gasteiger partial charge in [-0.15, -0.1) is 11.3 Å². The van der Waals surface area contributed by atoms with Crippen LogP contribution in [0, 0.1) is 17.1 Å². The number of rotatable bonds is 2. The van der Waals surface area contributed by atoms with Gasteiger partial charge < -0.3 is 4.90 Å². The molecule has 0 saturated carbocycles. The molecule has 2 aromatic carbocycles. The van der Waals surface area contributed by atoms with Gasteiger partial charge in [-0.25, -0.2) is 9.37 Å². The molecule has 0 unspecified atom stereocenters. The quantitative estimate of drug-likeness (QED) is 0.681. The van der Waals surface area contributed by atoms with Crippen LogP contribution >= 0.6 is 11.3 Å². The predicted molar refractivity (Wildman–Crippen MR) is 94.9 cm³/mol. The van der Waals surface area contributed by atoms with Gasteiger partial charge in [-0.1, -0.05) is 18.2 Å². The van der Waals surface area contributed by atoms with Crippen molar-refractivity contribution in [2.45, 2.75) is 18.8 Å². The maximum atomic E-state index is 13.8. The lowest BCUT2D eigenvalue weighted by atomic mass is 9.96. The standard InChI is InChI=1S/C19H16FN3S/c20-15-4-3-6-17(14(15)12-21)23-10-8-13(9-11-23)19-22-16-5-1-2-7-18(16)24-19/h1-7,13H,8-11H2. The number of piperidine rings is 1. The number of aromatic nitrogens is 1. The van der Waals surface area contributed by atoms with Gasteiger partial charge in [0.1, 0.15) is 17.4 Å². The van der Waals surface area contributed by atoms with Crippen LogP contribution in [0.4, 0.5) is 10.1 Å². The second-order valence-corrected chi connectivity index (χ2v) is 7.09. The summed E-state index contributed by atoms with van der Waals surface area (Å²) in [7, 11) is 0. The number of para-hydroxylation sites is 1. The summed E-state index contributed by atoms with van der Waals surface area (Å²) in [6.07, 6.45) is 1.95. The maximum absolute atomic E-state index is 13.8. The minimum Gasteiger partial charge on any atom is -0.370 e. The van der Waals surface area contributed by atoms with Crippen molar-refractivity contribution in [2.24, 2.45) is 0 Å². The van der Waals surface area contributed by atoms with E-state index in [9.17, 15) is 9.65 Å². The van der Waals surface area contributed by atoms with E-state index in [-0.39, 0.29) is 5.56 Å². The number of hydrogen-bond donors (Lipinski definition) is 0. The van der Waals surface area contributed by atoms with Crippen LogP contribution in [-0.4, -0.2) is 18.1 Å². The van der Waals surface area contributed by atoms with Crippen molar-refractivity contribution in [1.29, 1.82) is 5.26 Å². The average molecular weight is 337 g/mol.